The van der Waals surface area contributed by atoms with Crippen molar-refractivity contribution in [3.8, 4) is 11.3 Å². The average Bonchev–Trinajstić information content (AvgIpc) is 2.97. The Morgan fingerprint density at radius 1 is 1.07 bits per heavy atom. The lowest BCUT2D eigenvalue weighted by molar-refractivity contribution is 0.0697. The van der Waals surface area contributed by atoms with Gasteiger partial charge in [0.15, 0.2) is 0 Å². The van der Waals surface area contributed by atoms with Crippen LogP contribution in [0.2, 0.25) is 0 Å². The molecule has 4 heteroatoms. The fraction of sp³-hybridized carbons (Fsp3) is 0.320. The van der Waals surface area contributed by atoms with Crippen LogP contribution in [0.4, 0.5) is 0 Å². The molecule has 1 fully saturated rings. The van der Waals surface area contributed by atoms with Crippen molar-refractivity contribution >= 4 is 22.9 Å². The summed E-state index contributed by atoms with van der Waals surface area (Å²) in [6.07, 6.45) is 8.21. The number of aliphatic hydroxyl groups is 1. The molecule has 3 aromatic rings. The van der Waals surface area contributed by atoms with Crippen LogP contribution >= 0.6 is 0 Å². The number of benzene rings is 2. The third-order valence-electron chi connectivity index (χ3n) is 6.50. The van der Waals surface area contributed by atoms with Crippen molar-refractivity contribution in [2.24, 2.45) is 0 Å². The molecule has 148 valence electrons. The highest BCUT2D eigenvalue weighted by atomic mass is 16.4. The van der Waals surface area contributed by atoms with E-state index in [-0.39, 0.29) is 6.61 Å². The third kappa shape index (κ3) is 2.99. The maximum absolute atomic E-state index is 11.6. The lowest BCUT2D eigenvalue weighted by atomic mass is 9.81. The number of hydrogen-bond acceptors (Lipinski definition) is 2. The standard InChI is InChI=1S/C25H25NO3/c27-15-16-12-18-8-4-5-9-20(18)24-23(17-6-2-1-3-7-17)21-11-10-19(25(28)29)13-22(21)26(24)14-16/h4-5,8-13,17,27H,1-3,6-7,14-15H2,(H,28,29). The van der Waals surface area contributed by atoms with Gasteiger partial charge in [-0.2, -0.15) is 0 Å². The van der Waals surface area contributed by atoms with Crippen LogP contribution in [0.3, 0.4) is 0 Å². The van der Waals surface area contributed by atoms with Crippen LogP contribution in [0.1, 0.15) is 59.5 Å². The Hall–Kier alpha value is -2.85. The summed E-state index contributed by atoms with van der Waals surface area (Å²) in [6.45, 7) is 0.567. The van der Waals surface area contributed by atoms with Crippen molar-refractivity contribution in [2.75, 3.05) is 6.61 Å². The van der Waals surface area contributed by atoms with E-state index in [1.165, 1.54) is 48.9 Å². The summed E-state index contributed by atoms with van der Waals surface area (Å²) in [5, 5.41) is 20.7. The number of fused-ring (bicyclic) bond motifs is 5. The predicted molar refractivity (Wildman–Crippen MR) is 115 cm³/mol. The second kappa shape index (κ2) is 7.20. The summed E-state index contributed by atoms with van der Waals surface area (Å²) < 4.78 is 2.24. The Labute approximate surface area is 170 Å². The highest BCUT2D eigenvalue weighted by molar-refractivity contribution is 5.99. The molecule has 4 nitrogen and oxygen atoms in total. The first-order chi connectivity index (χ1) is 14.2. The van der Waals surface area contributed by atoms with E-state index in [0.717, 1.165) is 22.0 Å². The molecule has 0 bridgehead atoms. The number of hydrogen-bond donors (Lipinski definition) is 2. The fourth-order valence-corrected chi connectivity index (χ4v) is 5.17. The molecule has 0 saturated heterocycles. The van der Waals surface area contributed by atoms with Crippen LogP contribution in [-0.2, 0) is 6.54 Å². The van der Waals surface area contributed by atoms with Gasteiger partial charge in [0.05, 0.1) is 17.9 Å². The fourth-order valence-electron chi connectivity index (χ4n) is 5.17. The monoisotopic (exact) mass is 387 g/mol. The molecule has 0 atom stereocenters. The van der Waals surface area contributed by atoms with Gasteiger partial charge in [0.1, 0.15) is 0 Å². The van der Waals surface area contributed by atoms with Crippen LogP contribution in [0.25, 0.3) is 28.2 Å². The normalized spacial score (nSPS) is 16.8. The summed E-state index contributed by atoms with van der Waals surface area (Å²) in [6, 6.07) is 13.9. The first-order valence-electron chi connectivity index (χ1n) is 10.5. The smallest absolute Gasteiger partial charge is 0.335 e. The molecular formula is C25H25NO3. The number of carboxylic acid groups (broad SMARTS) is 1. The van der Waals surface area contributed by atoms with Gasteiger partial charge in [-0.25, -0.2) is 4.79 Å². The summed E-state index contributed by atoms with van der Waals surface area (Å²) in [5.41, 5.74) is 7.04. The molecule has 29 heavy (non-hydrogen) atoms. The molecule has 1 aliphatic carbocycles. The number of nitrogens with zero attached hydrogens (tertiary/aromatic N) is 1. The number of carbonyl (C=O) groups is 1. The highest BCUT2D eigenvalue weighted by Gasteiger charge is 2.29. The average molecular weight is 387 g/mol. The summed E-state index contributed by atoms with van der Waals surface area (Å²) in [7, 11) is 0. The number of aromatic carboxylic acids is 1. The van der Waals surface area contributed by atoms with Crippen molar-refractivity contribution in [1.29, 1.82) is 0 Å². The maximum Gasteiger partial charge on any atom is 0.335 e. The first kappa shape index (κ1) is 18.2. The van der Waals surface area contributed by atoms with E-state index >= 15 is 0 Å². The molecule has 0 spiro atoms. The Morgan fingerprint density at radius 3 is 2.62 bits per heavy atom. The van der Waals surface area contributed by atoms with Crippen LogP contribution in [0.5, 0.6) is 0 Å². The lowest BCUT2D eigenvalue weighted by Gasteiger charge is -2.24. The van der Waals surface area contributed by atoms with Gasteiger partial charge in [-0.15, -0.1) is 0 Å². The number of aromatic nitrogens is 1. The van der Waals surface area contributed by atoms with Crippen LogP contribution in [0, 0.1) is 0 Å². The molecular weight excluding hydrogens is 362 g/mol. The van der Waals surface area contributed by atoms with E-state index < -0.39 is 5.97 Å². The molecule has 0 amide bonds. The molecule has 2 N–H and O–H groups in total. The Balaban J connectivity index is 1.86. The Kier molecular flexibility index (Phi) is 4.51. The minimum Gasteiger partial charge on any atom is -0.478 e. The van der Waals surface area contributed by atoms with E-state index in [1.54, 1.807) is 12.1 Å². The molecule has 1 aromatic heterocycles. The van der Waals surface area contributed by atoms with Crippen molar-refractivity contribution in [3.63, 3.8) is 0 Å². The molecule has 2 heterocycles. The van der Waals surface area contributed by atoms with Crippen molar-refractivity contribution < 1.29 is 15.0 Å². The number of aliphatic hydroxyl groups excluding tert-OH is 1. The van der Waals surface area contributed by atoms with Crippen molar-refractivity contribution in [1.82, 2.24) is 4.57 Å². The Bertz CT molecular complexity index is 1130. The van der Waals surface area contributed by atoms with Gasteiger partial charge in [-0.1, -0.05) is 55.7 Å². The number of rotatable bonds is 3. The van der Waals surface area contributed by atoms with Crippen molar-refractivity contribution in [3.05, 3.63) is 64.7 Å². The van der Waals surface area contributed by atoms with Gasteiger partial charge in [0, 0.05) is 23.0 Å². The second-order valence-corrected chi connectivity index (χ2v) is 8.27. The Morgan fingerprint density at radius 2 is 1.86 bits per heavy atom. The topological polar surface area (TPSA) is 62.5 Å². The minimum absolute atomic E-state index is 0.00910. The van der Waals surface area contributed by atoms with E-state index in [1.807, 2.05) is 12.1 Å². The highest BCUT2D eigenvalue weighted by Crippen LogP contribution is 2.46. The van der Waals surface area contributed by atoms with Gasteiger partial charge in [0.2, 0.25) is 0 Å². The first-order valence-corrected chi connectivity index (χ1v) is 10.5. The molecule has 2 aliphatic rings. The zero-order valence-corrected chi connectivity index (χ0v) is 16.4. The zero-order valence-electron chi connectivity index (χ0n) is 16.4. The molecule has 2 aromatic carbocycles. The molecule has 5 rings (SSSR count). The largest absolute Gasteiger partial charge is 0.478 e. The summed E-state index contributed by atoms with van der Waals surface area (Å²) in [4.78, 5) is 11.6. The van der Waals surface area contributed by atoms with Crippen LogP contribution < -0.4 is 0 Å². The number of carboxylic acids is 1. The molecule has 0 unspecified atom stereocenters. The van der Waals surface area contributed by atoms with Gasteiger partial charge < -0.3 is 14.8 Å². The predicted octanol–water partition coefficient (Wildman–Crippen LogP) is 5.44. The van der Waals surface area contributed by atoms with Crippen molar-refractivity contribution in [2.45, 2.75) is 44.6 Å². The lowest BCUT2D eigenvalue weighted by Crippen LogP contribution is -2.08. The van der Waals surface area contributed by atoms with E-state index in [9.17, 15) is 15.0 Å². The molecule has 0 radical (unpaired) electrons. The molecule has 1 aliphatic heterocycles. The van der Waals surface area contributed by atoms with Crippen LogP contribution in [0.15, 0.2) is 48.0 Å². The maximum atomic E-state index is 11.6. The zero-order chi connectivity index (χ0) is 20.0. The van der Waals surface area contributed by atoms with Gasteiger partial charge in [-0.05, 0) is 47.6 Å². The third-order valence-corrected chi connectivity index (χ3v) is 6.50. The quantitative estimate of drug-likeness (QED) is 0.629. The van der Waals surface area contributed by atoms with Gasteiger partial charge >= 0.3 is 5.97 Å². The van der Waals surface area contributed by atoms with Gasteiger partial charge in [0.25, 0.3) is 0 Å². The second-order valence-electron chi connectivity index (χ2n) is 8.27. The van der Waals surface area contributed by atoms with E-state index in [2.05, 4.69) is 28.8 Å². The minimum atomic E-state index is -0.909. The molecule has 1 saturated carbocycles. The van der Waals surface area contributed by atoms with E-state index in [4.69, 9.17) is 0 Å². The summed E-state index contributed by atoms with van der Waals surface area (Å²) in [5.74, 6) is -0.421. The van der Waals surface area contributed by atoms with E-state index in [0.29, 0.717) is 18.0 Å². The van der Waals surface area contributed by atoms with Gasteiger partial charge in [-0.3, -0.25) is 0 Å². The van der Waals surface area contributed by atoms with Crippen LogP contribution in [-0.4, -0.2) is 27.4 Å². The SMILES string of the molecule is O=C(O)c1ccc2c(C3CCCCC3)c3n(c2c1)CC(CO)=Cc1ccccc1-3. The summed E-state index contributed by atoms with van der Waals surface area (Å²) >= 11 is 0.